The van der Waals surface area contributed by atoms with Crippen LogP contribution in [0.1, 0.15) is 20.6 Å². The number of aliphatic hydroxyl groups is 1. The van der Waals surface area contributed by atoms with Crippen LogP contribution in [0.4, 0.5) is 0 Å². The molecule has 0 aliphatic carbocycles. The second-order valence-corrected chi connectivity index (χ2v) is 0.0833. The highest BCUT2D eigenvalue weighted by molar-refractivity contribution is 5.20. The Bertz CT molecular complexity index is 40.0. The molecule has 0 fully saturated rings. The summed E-state index contributed by atoms with van der Waals surface area (Å²) in [5, 5.41) is 7.00. The van der Waals surface area contributed by atoms with E-state index >= 15 is 0 Å². The molecule has 0 atom stereocenters. The fourth-order valence-electron chi connectivity index (χ4n) is 0. The third kappa shape index (κ3) is 200. The standard InChI is InChI=1S/CO2.CH4O.2CH4.H2O.4H2/c2-1-3;1-2;;;;;;;/h;2H,1H3;2*1H4;1H2;4*1H. The molecule has 0 saturated carbocycles. The Morgan fingerprint density at radius 2 is 1.25 bits per heavy atom. The van der Waals surface area contributed by atoms with Crippen LogP contribution < -0.4 is 0 Å². The zero-order valence-electron chi connectivity index (χ0n) is 3.26. The van der Waals surface area contributed by atoms with E-state index in [9.17, 15) is 0 Å². The van der Waals surface area contributed by atoms with Gasteiger partial charge in [-0.25, -0.2) is 0 Å². The number of hydrogen-bond acceptors (Lipinski definition) is 3. The van der Waals surface area contributed by atoms with Gasteiger partial charge in [-0.2, -0.15) is 9.59 Å². The number of aliphatic hydroxyl groups excluding tert-OH is 1. The van der Waals surface area contributed by atoms with Gasteiger partial charge in [0.25, 0.3) is 0 Å². The van der Waals surface area contributed by atoms with Gasteiger partial charge in [0.05, 0.1) is 0 Å². The first-order valence-electron chi connectivity index (χ1n) is 0.855. The maximum absolute atomic E-state index is 8.12. The molecule has 0 aromatic rings. The SMILES string of the molecule is C.C.CO.O.O=C=O.[HH].[HH].[HH].[HH]. The molecule has 0 aromatic carbocycles. The first kappa shape index (κ1) is 54.8. The molecular formula is C4H22O4. The van der Waals surface area contributed by atoms with Gasteiger partial charge in [-0.05, 0) is 0 Å². The molecule has 8 heavy (non-hydrogen) atoms. The summed E-state index contributed by atoms with van der Waals surface area (Å²) in [7, 11) is 1.00. The Labute approximate surface area is 55.4 Å². The Morgan fingerprint density at radius 3 is 1.25 bits per heavy atom. The average molecular weight is 134 g/mol. The predicted molar refractivity (Wildman–Crippen MR) is 38.7 cm³/mol. The van der Waals surface area contributed by atoms with Gasteiger partial charge in [-0.1, -0.05) is 14.9 Å². The summed E-state index contributed by atoms with van der Waals surface area (Å²) in [5.74, 6) is 0. The van der Waals surface area contributed by atoms with Crippen molar-refractivity contribution in [2.45, 2.75) is 14.9 Å². The lowest BCUT2D eigenvalue weighted by Gasteiger charge is -1.21. The van der Waals surface area contributed by atoms with Crippen molar-refractivity contribution < 1.29 is 25.9 Å². The number of hydrogen-bond donors (Lipinski definition) is 1. The van der Waals surface area contributed by atoms with Crippen LogP contribution in [0, 0.1) is 0 Å². The minimum atomic E-state index is 0. The molecule has 0 aromatic heterocycles. The number of carbonyl (C=O) groups excluding carboxylic acids is 2. The van der Waals surface area contributed by atoms with E-state index in [0.717, 1.165) is 7.11 Å². The normalized spacial score (nSPS) is 1.75. The summed E-state index contributed by atoms with van der Waals surface area (Å²) in [6.07, 6.45) is 0.250. The zero-order chi connectivity index (χ0) is 4.71. The van der Waals surface area contributed by atoms with Crippen LogP contribution in [0.25, 0.3) is 0 Å². The second kappa shape index (κ2) is 1970. The van der Waals surface area contributed by atoms with Crippen molar-refractivity contribution in [3.05, 3.63) is 0 Å². The summed E-state index contributed by atoms with van der Waals surface area (Å²) in [6, 6.07) is 0. The van der Waals surface area contributed by atoms with Gasteiger partial charge in [-0.15, -0.1) is 0 Å². The monoisotopic (exact) mass is 134 g/mol. The minimum absolute atomic E-state index is 0. The number of rotatable bonds is 0. The third-order valence-corrected chi connectivity index (χ3v) is 0. The van der Waals surface area contributed by atoms with E-state index in [-0.39, 0.29) is 32.2 Å². The Morgan fingerprint density at radius 1 is 1.25 bits per heavy atom. The van der Waals surface area contributed by atoms with Gasteiger partial charge in [0, 0.05) is 12.8 Å². The predicted octanol–water partition coefficient (Wildman–Crippen LogP) is 0.456. The molecule has 0 saturated heterocycles. The summed E-state index contributed by atoms with van der Waals surface area (Å²) < 4.78 is 0. The van der Waals surface area contributed by atoms with E-state index in [1.807, 2.05) is 0 Å². The van der Waals surface area contributed by atoms with Crippen LogP contribution in [0.15, 0.2) is 0 Å². The van der Waals surface area contributed by atoms with E-state index in [0.29, 0.717) is 0 Å². The quantitative estimate of drug-likeness (QED) is 0.522. The van der Waals surface area contributed by atoms with Gasteiger partial charge >= 0.3 is 6.15 Å². The summed E-state index contributed by atoms with van der Waals surface area (Å²) in [4.78, 5) is 16.2. The highest BCUT2D eigenvalue weighted by Gasteiger charge is 1.13. The van der Waals surface area contributed by atoms with Gasteiger partial charge in [0.15, 0.2) is 0 Å². The van der Waals surface area contributed by atoms with Crippen LogP contribution in [-0.4, -0.2) is 23.8 Å². The highest BCUT2D eigenvalue weighted by atomic mass is 16.2. The van der Waals surface area contributed by atoms with E-state index in [1.165, 1.54) is 0 Å². The van der Waals surface area contributed by atoms with Gasteiger partial charge in [0.1, 0.15) is 0 Å². The first-order chi connectivity index (χ1) is 2.41. The second-order valence-electron chi connectivity index (χ2n) is 0.0833. The summed E-state index contributed by atoms with van der Waals surface area (Å²) >= 11 is 0. The van der Waals surface area contributed by atoms with E-state index in [1.54, 1.807) is 0 Å². The minimum Gasteiger partial charge on any atom is -0.412 e. The first-order valence-corrected chi connectivity index (χ1v) is 0.855. The molecule has 0 rings (SSSR count). The van der Waals surface area contributed by atoms with Gasteiger partial charge < -0.3 is 10.6 Å². The molecule has 62 valence electrons. The topological polar surface area (TPSA) is 85.9 Å². The largest absolute Gasteiger partial charge is 0.412 e. The Hall–Kier alpha value is -0.700. The third-order valence-electron chi connectivity index (χ3n) is 0. The molecule has 0 spiro atoms. The van der Waals surface area contributed by atoms with Crippen molar-refractivity contribution in [3.63, 3.8) is 0 Å². The van der Waals surface area contributed by atoms with Crippen molar-refractivity contribution in [2.75, 3.05) is 7.11 Å². The molecule has 0 heterocycles. The fraction of sp³-hybridized carbons (Fsp3) is 0.750. The molecule has 0 aliphatic heterocycles. The smallest absolute Gasteiger partial charge is 0.373 e. The summed E-state index contributed by atoms with van der Waals surface area (Å²) in [5.41, 5.74) is 0. The average Bonchev–Trinajstić information content (AvgIpc) is 1.46. The lowest BCUT2D eigenvalue weighted by Crippen LogP contribution is -1.25. The van der Waals surface area contributed by atoms with Crippen LogP contribution in [-0.2, 0) is 9.59 Å². The maximum atomic E-state index is 8.12. The van der Waals surface area contributed by atoms with Crippen molar-refractivity contribution >= 4 is 6.15 Å². The van der Waals surface area contributed by atoms with E-state index in [2.05, 4.69) is 0 Å². The van der Waals surface area contributed by atoms with Gasteiger partial charge in [-0.3, -0.25) is 0 Å². The van der Waals surface area contributed by atoms with Crippen molar-refractivity contribution in [3.8, 4) is 0 Å². The molecule has 4 heteroatoms. The molecule has 3 N–H and O–H groups in total. The van der Waals surface area contributed by atoms with Crippen molar-refractivity contribution in [2.24, 2.45) is 0 Å². The molecular weight excluding hydrogens is 112 g/mol. The van der Waals surface area contributed by atoms with E-state index < -0.39 is 0 Å². The molecule has 0 unspecified atom stereocenters. The van der Waals surface area contributed by atoms with Crippen LogP contribution in [0.5, 0.6) is 0 Å². The molecule has 0 aliphatic rings. The Balaban J connectivity index is -0.00000000138. The molecule has 4 nitrogen and oxygen atoms in total. The van der Waals surface area contributed by atoms with Crippen molar-refractivity contribution in [1.29, 1.82) is 0 Å². The summed E-state index contributed by atoms with van der Waals surface area (Å²) in [6.45, 7) is 0. The van der Waals surface area contributed by atoms with Gasteiger partial charge in [0.2, 0.25) is 0 Å². The van der Waals surface area contributed by atoms with Crippen LogP contribution in [0.2, 0.25) is 0 Å². The molecule has 0 radical (unpaired) electrons. The highest BCUT2D eigenvalue weighted by Crippen LogP contribution is 0.787. The van der Waals surface area contributed by atoms with Crippen LogP contribution in [0.3, 0.4) is 0 Å². The van der Waals surface area contributed by atoms with Crippen molar-refractivity contribution in [1.82, 2.24) is 0 Å². The van der Waals surface area contributed by atoms with E-state index in [4.69, 9.17) is 14.7 Å². The molecule has 0 amide bonds. The lowest BCUT2D eigenvalue weighted by atomic mass is 11.8. The Kier molecular flexibility index (Phi) is 13500. The maximum Gasteiger partial charge on any atom is 0.373 e. The lowest BCUT2D eigenvalue weighted by molar-refractivity contribution is -0.191. The zero-order valence-corrected chi connectivity index (χ0v) is 3.26. The van der Waals surface area contributed by atoms with Crippen LogP contribution >= 0.6 is 0 Å². The molecule has 0 bridgehead atoms. The fourth-order valence-corrected chi connectivity index (χ4v) is 0.